The molecule has 0 aliphatic heterocycles. The molecule has 0 aromatic heterocycles. The Labute approximate surface area is 164 Å². The first-order valence-corrected chi connectivity index (χ1v) is 9.19. The monoisotopic (exact) mass is 365 g/mol. The topological polar surface area (TPSA) is 42.2 Å². The molecule has 4 rings (SSSR count). The summed E-state index contributed by atoms with van der Waals surface area (Å²) < 4.78 is 11.8. The van der Waals surface area contributed by atoms with Gasteiger partial charge in [-0.2, -0.15) is 5.26 Å². The molecule has 0 amide bonds. The molecule has 0 radical (unpaired) electrons. The summed E-state index contributed by atoms with van der Waals surface area (Å²) in [5.74, 6) is 1.40. The van der Waals surface area contributed by atoms with Crippen molar-refractivity contribution < 1.29 is 9.47 Å². The number of rotatable bonds is 6. The summed E-state index contributed by atoms with van der Waals surface area (Å²) in [5.41, 5.74) is 2.72. The van der Waals surface area contributed by atoms with E-state index in [9.17, 15) is 5.26 Å². The average Bonchev–Trinajstić information content (AvgIpc) is 2.77. The summed E-state index contributed by atoms with van der Waals surface area (Å²) in [7, 11) is 0. The predicted octanol–water partition coefficient (Wildman–Crippen LogP) is 5.84. The highest BCUT2D eigenvalue weighted by atomic mass is 16.5. The van der Waals surface area contributed by atoms with Gasteiger partial charge in [0.05, 0.1) is 0 Å². The van der Waals surface area contributed by atoms with Gasteiger partial charge in [-0.25, -0.2) is 0 Å². The van der Waals surface area contributed by atoms with E-state index in [-0.39, 0.29) is 0 Å². The zero-order valence-corrected chi connectivity index (χ0v) is 15.3. The summed E-state index contributed by atoms with van der Waals surface area (Å²) in [5, 5.41) is 11.5. The third-order valence-corrected chi connectivity index (χ3v) is 4.57. The number of para-hydroxylation sites is 1. The average molecular weight is 365 g/mol. The number of nitriles is 1. The van der Waals surface area contributed by atoms with Gasteiger partial charge in [-0.05, 0) is 23.1 Å². The number of hydrogen-bond acceptors (Lipinski definition) is 3. The van der Waals surface area contributed by atoms with E-state index < -0.39 is 0 Å². The third-order valence-electron chi connectivity index (χ3n) is 4.57. The molecule has 0 fully saturated rings. The molecule has 28 heavy (non-hydrogen) atoms. The highest BCUT2D eigenvalue weighted by molar-refractivity contribution is 5.90. The molecular weight excluding hydrogens is 346 g/mol. The quantitative estimate of drug-likeness (QED) is 0.403. The lowest BCUT2D eigenvalue weighted by atomic mass is 10.0. The molecule has 136 valence electrons. The van der Waals surface area contributed by atoms with Crippen molar-refractivity contribution >= 4 is 10.8 Å². The minimum Gasteiger partial charge on any atom is -0.489 e. The first kappa shape index (κ1) is 17.6. The molecule has 0 spiro atoms. The Balaban J connectivity index is 1.45. The van der Waals surface area contributed by atoms with Crippen LogP contribution in [-0.2, 0) is 0 Å². The predicted molar refractivity (Wildman–Crippen MR) is 112 cm³/mol. The first-order chi connectivity index (χ1) is 13.9. The van der Waals surface area contributed by atoms with Crippen LogP contribution in [0.1, 0.15) is 5.56 Å². The molecule has 0 saturated heterocycles. The Morgan fingerprint density at radius 3 is 2.14 bits per heavy atom. The van der Waals surface area contributed by atoms with Gasteiger partial charge in [-0.1, -0.05) is 78.9 Å². The van der Waals surface area contributed by atoms with Gasteiger partial charge in [0.15, 0.2) is 0 Å². The maximum absolute atomic E-state index is 9.55. The lowest BCUT2D eigenvalue weighted by Gasteiger charge is -2.13. The van der Waals surface area contributed by atoms with Crippen LogP contribution < -0.4 is 9.47 Å². The Morgan fingerprint density at radius 1 is 0.643 bits per heavy atom. The summed E-state index contributed by atoms with van der Waals surface area (Å²) >= 11 is 0. The van der Waals surface area contributed by atoms with E-state index in [4.69, 9.17) is 9.47 Å². The molecule has 0 aliphatic carbocycles. The van der Waals surface area contributed by atoms with E-state index in [1.165, 1.54) is 0 Å². The molecule has 3 nitrogen and oxygen atoms in total. The van der Waals surface area contributed by atoms with Gasteiger partial charge >= 0.3 is 0 Å². The van der Waals surface area contributed by atoms with Crippen molar-refractivity contribution in [3.63, 3.8) is 0 Å². The number of fused-ring (bicyclic) bond motifs is 1. The van der Waals surface area contributed by atoms with E-state index >= 15 is 0 Å². The first-order valence-electron chi connectivity index (χ1n) is 9.19. The number of benzene rings is 4. The Bertz CT molecular complexity index is 1130. The molecule has 0 atom stereocenters. The van der Waals surface area contributed by atoms with Crippen LogP contribution in [0.2, 0.25) is 0 Å². The lowest BCUT2D eigenvalue weighted by Crippen LogP contribution is -2.10. The Hall–Kier alpha value is -3.77. The zero-order valence-electron chi connectivity index (χ0n) is 15.3. The van der Waals surface area contributed by atoms with E-state index in [1.807, 2.05) is 78.9 Å². The zero-order chi connectivity index (χ0) is 19.2. The molecule has 4 aromatic rings. The second kappa shape index (κ2) is 8.28. The van der Waals surface area contributed by atoms with Crippen LogP contribution in [0.4, 0.5) is 0 Å². The summed E-state index contributed by atoms with van der Waals surface area (Å²) in [6, 6.07) is 32.0. The molecule has 3 heteroatoms. The van der Waals surface area contributed by atoms with Crippen molar-refractivity contribution in [2.24, 2.45) is 0 Å². The van der Waals surface area contributed by atoms with Crippen LogP contribution in [0.15, 0.2) is 91.0 Å². The fourth-order valence-corrected chi connectivity index (χ4v) is 3.24. The van der Waals surface area contributed by atoms with Gasteiger partial charge in [-0.15, -0.1) is 0 Å². The Kier molecular flexibility index (Phi) is 5.22. The van der Waals surface area contributed by atoms with Crippen LogP contribution >= 0.6 is 0 Å². The van der Waals surface area contributed by atoms with Crippen LogP contribution in [-0.4, -0.2) is 13.2 Å². The SMILES string of the molecule is N#Cc1c(OCCOc2ccccc2-c2ccccc2)ccc2ccccc12. The second-order valence-electron chi connectivity index (χ2n) is 6.33. The van der Waals surface area contributed by atoms with Crippen molar-refractivity contribution in [3.05, 3.63) is 96.6 Å². The normalized spacial score (nSPS) is 10.4. The molecule has 4 aromatic carbocycles. The summed E-state index contributed by atoms with van der Waals surface area (Å²) in [6.07, 6.45) is 0. The van der Waals surface area contributed by atoms with Gasteiger partial charge in [-0.3, -0.25) is 0 Å². The smallest absolute Gasteiger partial charge is 0.137 e. The maximum atomic E-state index is 9.55. The van der Waals surface area contributed by atoms with Crippen LogP contribution in [0.3, 0.4) is 0 Å². The van der Waals surface area contributed by atoms with Gasteiger partial charge < -0.3 is 9.47 Å². The van der Waals surface area contributed by atoms with Gasteiger partial charge in [0.2, 0.25) is 0 Å². The van der Waals surface area contributed by atoms with Gasteiger partial charge in [0, 0.05) is 10.9 Å². The van der Waals surface area contributed by atoms with Crippen molar-refractivity contribution in [2.45, 2.75) is 0 Å². The van der Waals surface area contributed by atoms with E-state index in [0.29, 0.717) is 24.5 Å². The largest absolute Gasteiger partial charge is 0.489 e. The van der Waals surface area contributed by atoms with Crippen molar-refractivity contribution in [1.82, 2.24) is 0 Å². The lowest BCUT2D eigenvalue weighted by molar-refractivity contribution is 0.217. The van der Waals surface area contributed by atoms with E-state index in [1.54, 1.807) is 0 Å². The van der Waals surface area contributed by atoms with Gasteiger partial charge in [0.1, 0.15) is 36.3 Å². The molecule has 0 heterocycles. The van der Waals surface area contributed by atoms with Crippen molar-refractivity contribution in [1.29, 1.82) is 5.26 Å². The number of nitrogens with zero attached hydrogens (tertiary/aromatic N) is 1. The van der Waals surface area contributed by atoms with E-state index in [0.717, 1.165) is 27.6 Å². The fraction of sp³-hybridized carbons (Fsp3) is 0.0800. The fourth-order valence-electron chi connectivity index (χ4n) is 3.24. The van der Waals surface area contributed by atoms with E-state index in [2.05, 4.69) is 18.2 Å². The molecule has 0 unspecified atom stereocenters. The van der Waals surface area contributed by atoms with Crippen LogP contribution in [0.5, 0.6) is 11.5 Å². The Morgan fingerprint density at radius 2 is 1.32 bits per heavy atom. The summed E-state index contributed by atoms with van der Waals surface area (Å²) in [6.45, 7) is 0.748. The highest BCUT2D eigenvalue weighted by Crippen LogP contribution is 2.30. The van der Waals surface area contributed by atoms with Crippen molar-refractivity contribution in [2.75, 3.05) is 13.2 Å². The minimum absolute atomic E-state index is 0.357. The molecular formula is C25H19NO2. The number of ether oxygens (including phenoxy) is 2. The third kappa shape index (κ3) is 3.67. The van der Waals surface area contributed by atoms with Crippen LogP contribution in [0, 0.1) is 11.3 Å². The molecule has 0 N–H and O–H groups in total. The second-order valence-corrected chi connectivity index (χ2v) is 6.33. The molecule has 0 saturated carbocycles. The standard InChI is InChI=1S/C25H19NO2/c26-18-23-21-11-5-4-10-20(21)14-15-25(23)28-17-16-27-24-13-7-6-12-22(24)19-8-2-1-3-9-19/h1-15H,16-17H2. The minimum atomic E-state index is 0.357. The summed E-state index contributed by atoms with van der Waals surface area (Å²) in [4.78, 5) is 0. The van der Waals surface area contributed by atoms with Crippen molar-refractivity contribution in [3.8, 4) is 28.7 Å². The maximum Gasteiger partial charge on any atom is 0.137 e. The van der Waals surface area contributed by atoms with Gasteiger partial charge in [0.25, 0.3) is 0 Å². The van der Waals surface area contributed by atoms with Crippen LogP contribution in [0.25, 0.3) is 21.9 Å². The number of hydrogen-bond donors (Lipinski definition) is 0. The molecule has 0 bridgehead atoms. The highest BCUT2D eigenvalue weighted by Gasteiger charge is 2.09. The molecule has 0 aliphatic rings.